The average Bonchev–Trinajstić information content (AvgIpc) is 3.28. The zero-order valence-corrected chi connectivity index (χ0v) is 20.0. The molecular formula is C18H17BrF5N2O5PS. The highest BCUT2D eigenvalue weighted by Crippen LogP contribution is 2.62. The van der Waals surface area contributed by atoms with Gasteiger partial charge in [-0.3, -0.25) is 14.2 Å². The molecule has 0 radical (unpaired) electrons. The van der Waals surface area contributed by atoms with Crippen molar-refractivity contribution >= 4 is 56.8 Å². The van der Waals surface area contributed by atoms with E-state index in [1.54, 1.807) is 0 Å². The van der Waals surface area contributed by atoms with Crippen LogP contribution in [0.5, 0.6) is 0 Å². The lowest BCUT2D eigenvalue weighted by atomic mass is 9.86. The van der Waals surface area contributed by atoms with E-state index < -0.39 is 54.6 Å². The van der Waals surface area contributed by atoms with Gasteiger partial charge < -0.3 is 20.0 Å². The number of carbonyl (C=O) groups excluding carboxylic acids is 2. The maximum atomic E-state index is 14.2. The molecular weight excluding hydrogens is 562 g/mol. The van der Waals surface area contributed by atoms with Gasteiger partial charge in [0.15, 0.2) is 0 Å². The van der Waals surface area contributed by atoms with Crippen LogP contribution in [0.3, 0.4) is 0 Å². The van der Waals surface area contributed by atoms with Crippen LogP contribution in [0.2, 0.25) is 0 Å². The van der Waals surface area contributed by atoms with E-state index in [0.717, 1.165) is 17.9 Å². The van der Waals surface area contributed by atoms with Gasteiger partial charge in [-0.2, -0.15) is 22.0 Å². The Balaban J connectivity index is 1.87. The lowest BCUT2D eigenvalue weighted by Gasteiger charge is -2.31. The SMILES string of the molecule is CC(=O)N1CCC(CNC(=O)c2ccc3sc(C(F)(F)P(=O)(O)O)c(Br)c3c2)(C(F)(F)F)C1. The summed E-state index contributed by atoms with van der Waals surface area (Å²) in [7, 11) is -5.83. The van der Waals surface area contributed by atoms with E-state index in [0.29, 0.717) is 11.3 Å². The third-order valence-corrected chi connectivity index (χ3v) is 8.95. The second-order valence-corrected chi connectivity index (χ2v) is 11.2. The summed E-state index contributed by atoms with van der Waals surface area (Å²) in [6.07, 6.45) is -5.07. The Bertz CT molecular complexity index is 1170. The normalized spacial score (nSPS) is 19.8. The van der Waals surface area contributed by atoms with E-state index in [1.165, 1.54) is 12.1 Å². The molecule has 2 heterocycles. The molecule has 7 nitrogen and oxygen atoms in total. The quantitative estimate of drug-likeness (QED) is 0.360. The Morgan fingerprint density at radius 1 is 1.27 bits per heavy atom. The molecule has 1 fully saturated rings. The smallest absolute Gasteiger partial charge is 0.351 e. The van der Waals surface area contributed by atoms with Crippen LogP contribution in [0.25, 0.3) is 10.1 Å². The lowest BCUT2D eigenvalue weighted by molar-refractivity contribution is -0.216. The van der Waals surface area contributed by atoms with Gasteiger partial charge in [-0.25, -0.2) is 0 Å². The molecule has 15 heteroatoms. The van der Waals surface area contributed by atoms with Crippen LogP contribution >= 0.6 is 34.9 Å². The fraction of sp³-hybridized carbons (Fsp3) is 0.444. The third-order valence-electron chi connectivity index (χ3n) is 5.52. The van der Waals surface area contributed by atoms with Gasteiger partial charge >= 0.3 is 19.4 Å². The van der Waals surface area contributed by atoms with Crippen molar-refractivity contribution in [3.8, 4) is 0 Å². The van der Waals surface area contributed by atoms with Crippen molar-refractivity contribution in [2.24, 2.45) is 5.41 Å². The molecule has 0 spiro atoms. The first kappa shape index (κ1) is 26.0. The minimum atomic E-state index is -5.83. The highest BCUT2D eigenvalue weighted by atomic mass is 79.9. The number of halogens is 6. The summed E-state index contributed by atoms with van der Waals surface area (Å²) in [6, 6.07) is 3.60. The van der Waals surface area contributed by atoms with Crippen LogP contribution in [0.4, 0.5) is 22.0 Å². The van der Waals surface area contributed by atoms with Crippen LogP contribution in [0.1, 0.15) is 28.6 Å². The number of nitrogens with one attached hydrogen (secondary N) is 1. The molecule has 0 aliphatic carbocycles. The number of hydrogen-bond acceptors (Lipinski definition) is 4. The molecule has 182 valence electrons. The van der Waals surface area contributed by atoms with Gasteiger partial charge in [0, 0.05) is 46.7 Å². The maximum absolute atomic E-state index is 14.2. The van der Waals surface area contributed by atoms with Gasteiger partial charge in [0.05, 0.1) is 0 Å². The molecule has 1 aliphatic heterocycles. The number of likely N-dealkylation sites (tertiary alicyclic amines) is 1. The molecule has 1 aromatic carbocycles. The first-order valence-corrected chi connectivity index (χ1v) is 12.5. The second kappa shape index (κ2) is 8.56. The average molecular weight is 579 g/mol. The number of hydrogen-bond donors (Lipinski definition) is 3. The maximum Gasteiger partial charge on any atom is 0.400 e. The molecule has 33 heavy (non-hydrogen) atoms. The minimum absolute atomic E-state index is 0.0462. The van der Waals surface area contributed by atoms with Gasteiger partial charge in [0.2, 0.25) is 5.91 Å². The van der Waals surface area contributed by atoms with Gasteiger partial charge in [-0.05, 0) is 40.5 Å². The second-order valence-electron chi connectivity index (χ2n) is 7.69. The van der Waals surface area contributed by atoms with Gasteiger partial charge in [0.1, 0.15) is 10.3 Å². The predicted molar refractivity (Wildman–Crippen MR) is 113 cm³/mol. The number of alkyl halides is 5. The molecule has 0 saturated carbocycles. The Morgan fingerprint density at radius 3 is 2.42 bits per heavy atom. The predicted octanol–water partition coefficient (Wildman–Crippen LogP) is 4.42. The highest BCUT2D eigenvalue weighted by molar-refractivity contribution is 9.10. The van der Waals surface area contributed by atoms with Crippen molar-refractivity contribution in [2.45, 2.75) is 25.2 Å². The fourth-order valence-electron chi connectivity index (χ4n) is 3.50. The van der Waals surface area contributed by atoms with Crippen molar-refractivity contribution in [1.82, 2.24) is 10.2 Å². The Hall–Kier alpha value is -1.60. The van der Waals surface area contributed by atoms with E-state index in [4.69, 9.17) is 9.79 Å². The molecule has 3 rings (SSSR count). The Morgan fingerprint density at radius 2 is 1.91 bits per heavy atom. The summed E-state index contributed by atoms with van der Waals surface area (Å²) in [5.41, 5.74) is -6.92. The summed E-state index contributed by atoms with van der Waals surface area (Å²) in [5, 5.41) is 2.26. The van der Waals surface area contributed by atoms with Crippen LogP contribution in [0.15, 0.2) is 22.7 Å². The van der Waals surface area contributed by atoms with Crippen molar-refractivity contribution in [1.29, 1.82) is 0 Å². The molecule has 1 atom stereocenters. The molecule has 1 unspecified atom stereocenters. The van der Waals surface area contributed by atoms with Crippen LogP contribution < -0.4 is 5.32 Å². The number of rotatable bonds is 5. The van der Waals surface area contributed by atoms with Crippen molar-refractivity contribution in [3.05, 3.63) is 33.1 Å². The van der Waals surface area contributed by atoms with Crippen LogP contribution in [-0.2, 0) is 15.0 Å². The molecule has 3 N–H and O–H groups in total. The molecule has 1 aliphatic rings. The first-order chi connectivity index (χ1) is 15.0. The van der Waals surface area contributed by atoms with E-state index in [9.17, 15) is 36.1 Å². The third kappa shape index (κ3) is 4.68. The fourth-order valence-corrected chi connectivity index (χ4v) is 6.43. The zero-order chi connectivity index (χ0) is 25.0. The summed E-state index contributed by atoms with van der Waals surface area (Å²) >= 11 is 3.29. The number of carbonyl (C=O) groups is 2. The lowest BCUT2D eigenvalue weighted by Crippen LogP contribution is -2.49. The largest absolute Gasteiger partial charge is 0.400 e. The first-order valence-electron chi connectivity index (χ1n) is 9.26. The number of benzene rings is 1. The van der Waals surface area contributed by atoms with Crippen molar-refractivity contribution in [2.75, 3.05) is 19.6 Å². The topological polar surface area (TPSA) is 107 Å². The highest BCUT2D eigenvalue weighted by Gasteiger charge is 2.58. The van der Waals surface area contributed by atoms with Crippen molar-refractivity contribution in [3.63, 3.8) is 0 Å². The van der Waals surface area contributed by atoms with Crippen molar-refractivity contribution < 1.29 is 45.9 Å². The Kier molecular flexibility index (Phi) is 6.75. The number of fused-ring (bicyclic) bond motifs is 1. The van der Waals surface area contributed by atoms with E-state index in [1.807, 2.05) is 0 Å². The number of thiophene rings is 1. The van der Waals surface area contributed by atoms with E-state index >= 15 is 0 Å². The Labute approximate surface area is 196 Å². The van der Waals surface area contributed by atoms with Crippen LogP contribution in [-0.4, -0.2) is 52.3 Å². The molecule has 1 saturated heterocycles. The monoisotopic (exact) mass is 578 g/mol. The summed E-state index contributed by atoms with van der Waals surface area (Å²) < 4.78 is 80.6. The van der Waals surface area contributed by atoms with Gasteiger partial charge in [-0.1, -0.05) is 0 Å². The standard InChI is InChI=1S/C18H17BrF5N2O5PS/c1-9(27)26-5-4-16(8-26,18(22,23)24)7-25-15(28)10-2-3-12-11(6-10)13(19)14(33-12)17(20,21)32(29,30)31/h2-3,6H,4-5,7-8H2,1H3,(H,25,28)(H2,29,30,31). The molecule has 0 bridgehead atoms. The van der Waals surface area contributed by atoms with E-state index in [2.05, 4.69) is 21.2 Å². The number of amides is 2. The molecule has 1 aromatic heterocycles. The van der Waals surface area contributed by atoms with E-state index in [-0.39, 0.29) is 33.1 Å². The zero-order valence-electron chi connectivity index (χ0n) is 16.8. The number of nitrogens with zero attached hydrogens (tertiary/aromatic N) is 1. The summed E-state index contributed by atoms with van der Waals surface area (Å²) in [6.45, 7) is -0.330. The van der Waals surface area contributed by atoms with Gasteiger partial charge in [-0.15, -0.1) is 11.3 Å². The molecule has 2 amide bonds. The van der Waals surface area contributed by atoms with Gasteiger partial charge in [0.25, 0.3) is 5.91 Å². The summed E-state index contributed by atoms with van der Waals surface area (Å²) in [4.78, 5) is 42.1. The molecule has 2 aromatic rings. The minimum Gasteiger partial charge on any atom is -0.351 e. The van der Waals surface area contributed by atoms with Crippen LogP contribution in [0, 0.1) is 5.41 Å². The summed E-state index contributed by atoms with van der Waals surface area (Å²) in [5.74, 6) is -1.41.